The third kappa shape index (κ3) is 3.02. The topological polar surface area (TPSA) is 90.2 Å². The lowest BCUT2D eigenvalue weighted by atomic mass is 9.92. The van der Waals surface area contributed by atoms with E-state index in [-0.39, 0.29) is 11.9 Å². The molecule has 1 aliphatic carbocycles. The summed E-state index contributed by atoms with van der Waals surface area (Å²) in [6.07, 6.45) is 7.21. The predicted molar refractivity (Wildman–Crippen MR) is 92.0 cm³/mol. The van der Waals surface area contributed by atoms with Crippen molar-refractivity contribution in [2.45, 2.75) is 38.1 Å². The van der Waals surface area contributed by atoms with Gasteiger partial charge in [0.2, 0.25) is 17.6 Å². The van der Waals surface area contributed by atoms with Gasteiger partial charge in [0.15, 0.2) is 5.76 Å². The van der Waals surface area contributed by atoms with Crippen LogP contribution in [0.5, 0.6) is 0 Å². The van der Waals surface area contributed by atoms with Gasteiger partial charge in [0.1, 0.15) is 0 Å². The van der Waals surface area contributed by atoms with Gasteiger partial charge in [-0.3, -0.25) is 9.48 Å². The van der Waals surface area contributed by atoms with Crippen molar-refractivity contribution < 1.29 is 13.7 Å². The van der Waals surface area contributed by atoms with Crippen LogP contribution in [0.15, 0.2) is 33.5 Å². The molecule has 136 valence electrons. The van der Waals surface area contributed by atoms with Crippen LogP contribution in [0.1, 0.15) is 42.5 Å². The normalized spacial score (nSPS) is 16.5. The van der Waals surface area contributed by atoms with Crippen molar-refractivity contribution >= 4 is 5.91 Å². The molecule has 1 atom stereocenters. The first-order valence-corrected chi connectivity index (χ1v) is 8.76. The summed E-state index contributed by atoms with van der Waals surface area (Å²) in [6.45, 7) is 0. The van der Waals surface area contributed by atoms with Crippen LogP contribution in [0.3, 0.4) is 0 Å². The Labute approximate surface area is 150 Å². The summed E-state index contributed by atoms with van der Waals surface area (Å²) in [5.41, 5.74) is 2.38. The number of furan rings is 1. The molecule has 0 fully saturated rings. The Bertz CT molecular complexity index is 896. The van der Waals surface area contributed by atoms with Gasteiger partial charge in [-0.2, -0.15) is 10.1 Å². The molecule has 8 heteroatoms. The highest BCUT2D eigenvalue weighted by molar-refractivity contribution is 5.76. The van der Waals surface area contributed by atoms with E-state index in [2.05, 4.69) is 15.2 Å². The molecule has 0 bridgehead atoms. The summed E-state index contributed by atoms with van der Waals surface area (Å²) in [7, 11) is 3.81. The van der Waals surface area contributed by atoms with Crippen LogP contribution in [0, 0.1) is 0 Å². The number of carbonyl (C=O) groups excluding carboxylic acids is 1. The third-order valence-corrected chi connectivity index (χ3v) is 4.97. The van der Waals surface area contributed by atoms with Gasteiger partial charge in [-0.25, -0.2) is 0 Å². The van der Waals surface area contributed by atoms with Crippen molar-refractivity contribution in [2.24, 2.45) is 7.05 Å². The maximum Gasteiger partial charge on any atom is 0.238 e. The zero-order valence-corrected chi connectivity index (χ0v) is 14.9. The van der Waals surface area contributed by atoms with Crippen molar-refractivity contribution in [1.29, 1.82) is 0 Å². The van der Waals surface area contributed by atoms with Crippen LogP contribution in [0.2, 0.25) is 0 Å². The Kier molecular flexibility index (Phi) is 4.32. The summed E-state index contributed by atoms with van der Waals surface area (Å²) in [4.78, 5) is 18.8. The monoisotopic (exact) mass is 355 g/mol. The third-order valence-electron chi connectivity index (χ3n) is 4.97. The number of hydrogen-bond acceptors (Lipinski definition) is 6. The standard InChI is InChI=1S/C18H21N5O3/c1-22(13-5-3-6-14-12(13)11-19-23(14)2)17(24)9-8-16-20-18(21-26-16)15-7-4-10-25-15/h4,7,10-11,13H,3,5-6,8-9H2,1-2H3. The molecule has 0 aromatic carbocycles. The Balaban J connectivity index is 1.39. The molecule has 0 saturated heterocycles. The Morgan fingerprint density at radius 1 is 1.46 bits per heavy atom. The van der Waals surface area contributed by atoms with E-state index in [0.717, 1.165) is 24.8 Å². The van der Waals surface area contributed by atoms with E-state index in [1.807, 2.05) is 29.9 Å². The molecule has 26 heavy (non-hydrogen) atoms. The zero-order valence-electron chi connectivity index (χ0n) is 14.9. The molecule has 0 aliphatic heterocycles. The lowest BCUT2D eigenvalue weighted by Crippen LogP contribution is -2.33. The van der Waals surface area contributed by atoms with Gasteiger partial charge in [-0.1, -0.05) is 5.16 Å². The van der Waals surface area contributed by atoms with Crippen molar-refractivity contribution in [3.05, 3.63) is 41.7 Å². The number of fused-ring (bicyclic) bond motifs is 1. The minimum absolute atomic E-state index is 0.0597. The van der Waals surface area contributed by atoms with Crippen molar-refractivity contribution in [1.82, 2.24) is 24.8 Å². The van der Waals surface area contributed by atoms with Crippen LogP contribution >= 0.6 is 0 Å². The largest absolute Gasteiger partial charge is 0.461 e. The molecule has 1 amide bonds. The van der Waals surface area contributed by atoms with Crippen LogP contribution in [-0.4, -0.2) is 37.8 Å². The summed E-state index contributed by atoms with van der Waals surface area (Å²) in [5, 5.41) is 8.24. The molecule has 0 radical (unpaired) electrons. The number of rotatable bonds is 5. The minimum atomic E-state index is 0.0597. The predicted octanol–water partition coefficient (Wildman–Crippen LogP) is 2.53. The molecular formula is C18H21N5O3. The minimum Gasteiger partial charge on any atom is -0.461 e. The quantitative estimate of drug-likeness (QED) is 0.698. The maximum atomic E-state index is 12.7. The van der Waals surface area contributed by atoms with E-state index >= 15 is 0 Å². The van der Waals surface area contributed by atoms with Gasteiger partial charge in [0.25, 0.3) is 0 Å². The molecule has 0 N–H and O–H groups in total. The number of hydrogen-bond donors (Lipinski definition) is 0. The van der Waals surface area contributed by atoms with Gasteiger partial charge in [0, 0.05) is 38.2 Å². The van der Waals surface area contributed by atoms with E-state index in [0.29, 0.717) is 30.3 Å². The number of amides is 1. The molecule has 0 spiro atoms. The fourth-order valence-corrected chi connectivity index (χ4v) is 3.51. The molecule has 3 aromatic rings. The molecule has 1 unspecified atom stereocenters. The highest BCUT2D eigenvalue weighted by atomic mass is 16.5. The maximum absolute atomic E-state index is 12.7. The number of aryl methyl sites for hydroxylation is 2. The molecule has 8 nitrogen and oxygen atoms in total. The van der Waals surface area contributed by atoms with Gasteiger partial charge < -0.3 is 13.8 Å². The first-order chi connectivity index (χ1) is 12.6. The van der Waals surface area contributed by atoms with Crippen molar-refractivity contribution in [3.8, 4) is 11.6 Å². The average molecular weight is 355 g/mol. The van der Waals surface area contributed by atoms with Gasteiger partial charge in [-0.05, 0) is 31.4 Å². The van der Waals surface area contributed by atoms with Gasteiger partial charge in [0.05, 0.1) is 18.5 Å². The summed E-state index contributed by atoms with van der Waals surface area (Å²) < 4.78 is 12.4. The second-order valence-electron chi connectivity index (χ2n) is 6.57. The zero-order chi connectivity index (χ0) is 18.1. The van der Waals surface area contributed by atoms with Crippen molar-refractivity contribution in [2.75, 3.05) is 7.05 Å². The van der Waals surface area contributed by atoms with E-state index in [1.54, 1.807) is 18.4 Å². The van der Waals surface area contributed by atoms with E-state index in [4.69, 9.17) is 8.94 Å². The van der Waals surface area contributed by atoms with Crippen LogP contribution in [0.4, 0.5) is 0 Å². The fourth-order valence-electron chi connectivity index (χ4n) is 3.51. The highest BCUT2D eigenvalue weighted by Gasteiger charge is 2.29. The summed E-state index contributed by atoms with van der Waals surface area (Å²) >= 11 is 0. The van der Waals surface area contributed by atoms with Crippen LogP contribution in [-0.2, 0) is 24.7 Å². The smallest absolute Gasteiger partial charge is 0.238 e. The van der Waals surface area contributed by atoms with E-state index in [1.165, 1.54) is 5.69 Å². The number of nitrogens with zero attached hydrogens (tertiary/aromatic N) is 5. The fraction of sp³-hybridized carbons (Fsp3) is 0.444. The Morgan fingerprint density at radius 3 is 3.15 bits per heavy atom. The second kappa shape index (κ2) is 6.78. The number of carbonyl (C=O) groups is 1. The molecule has 1 aliphatic rings. The molecule has 4 rings (SSSR count). The number of aromatic nitrogens is 4. The molecule has 0 saturated carbocycles. The van der Waals surface area contributed by atoms with Gasteiger partial charge >= 0.3 is 0 Å². The highest BCUT2D eigenvalue weighted by Crippen LogP contribution is 2.33. The second-order valence-corrected chi connectivity index (χ2v) is 6.57. The Hall–Kier alpha value is -2.90. The summed E-state index contributed by atoms with van der Waals surface area (Å²) in [5.74, 6) is 1.45. The average Bonchev–Trinajstić information content (AvgIpc) is 3.40. The molecule has 3 aromatic heterocycles. The Morgan fingerprint density at radius 2 is 2.35 bits per heavy atom. The lowest BCUT2D eigenvalue weighted by molar-refractivity contribution is -0.132. The summed E-state index contributed by atoms with van der Waals surface area (Å²) in [6, 6.07) is 3.62. The SMILES string of the molecule is CN(C(=O)CCc1nc(-c2ccco2)no1)C1CCCc2c1cnn2C. The van der Waals surface area contributed by atoms with Crippen LogP contribution < -0.4 is 0 Å². The van der Waals surface area contributed by atoms with Crippen molar-refractivity contribution in [3.63, 3.8) is 0 Å². The molecule has 3 heterocycles. The first-order valence-electron chi connectivity index (χ1n) is 8.76. The van der Waals surface area contributed by atoms with E-state index in [9.17, 15) is 4.79 Å². The molecular weight excluding hydrogens is 334 g/mol. The van der Waals surface area contributed by atoms with E-state index < -0.39 is 0 Å². The lowest BCUT2D eigenvalue weighted by Gasteiger charge is -2.31. The first kappa shape index (κ1) is 16.6. The van der Waals surface area contributed by atoms with Gasteiger partial charge in [-0.15, -0.1) is 0 Å². The van der Waals surface area contributed by atoms with Crippen LogP contribution in [0.25, 0.3) is 11.6 Å².